The summed E-state index contributed by atoms with van der Waals surface area (Å²) in [4.78, 5) is 2.50. The molecule has 0 spiro atoms. The number of hydrogen-bond acceptors (Lipinski definition) is 4. The summed E-state index contributed by atoms with van der Waals surface area (Å²) in [5.74, 6) is 1.68. The van der Waals surface area contributed by atoms with Crippen LogP contribution in [0.4, 0.5) is 0 Å². The number of piperidine rings is 1. The summed E-state index contributed by atoms with van der Waals surface area (Å²) in [6.45, 7) is 7.42. The Morgan fingerprint density at radius 3 is 2.76 bits per heavy atom. The summed E-state index contributed by atoms with van der Waals surface area (Å²) in [6, 6.07) is 7.89. The molecule has 1 aliphatic heterocycles. The van der Waals surface area contributed by atoms with Crippen LogP contribution in [-0.4, -0.2) is 41.7 Å². The molecule has 21 heavy (non-hydrogen) atoms. The van der Waals surface area contributed by atoms with Gasteiger partial charge in [0.2, 0.25) is 0 Å². The van der Waals surface area contributed by atoms with Gasteiger partial charge >= 0.3 is 0 Å². The number of likely N-dealkylation sites (tertiary alicyclic amines) is 1. The van der Waals surface area contributed by atoms with Crippen LogP contribution in [0.3, 0.4) is 0 Å². The van der Waals surface area contributed by atoms with Crippen LogP contribution in [0.15, 0.2) is 29.4 Å². The van der Waals surface area contributed by atoms with E-state index in [1.165, 1.54) is 12.8 Å². The van der Waals surface area contributed by atoms with Gasteiger partial charge in [0.25, 0.3) is 0 Å². The van der Waals surface area contributed by atoms with Crippen molar-refractivity contribution in [1.29, 1.82) is 0 Å². The largest absolute Gasteiger partial charge is 0.492 e. The van der Waals surface area contributed by atoms with Crippen LogP contribution in [0.25, 0.3) is 0 Å². The lowest BCUT2D eigenvalue weighted by molar-refractivity contribution is 0.0958. The Labute approximate surface area is 126 Å². The van der Waals surface area contributed by atoms with E-state index in [1.807, 2.05) is 12.1 Å². The Balaban J connectivity index is 1.81. The van der Waals surface area contributed by atoms with Crippen molar-refractivity contribution < 1.29 is 9.94 Å². The zero-order chi connectivity index (χ0) is 15.2. The molecule has 0 saturated carbocycles. The summed E-state index contributed by atoms with van der Waals surface area (Å²) < 4.78 is 5.78. The van der Waals surface area contributed by atoms with Gasteiger partial charge in [-0.3, -0.25) is 4.90 Å². The van der Waals surface area contributed by atoms with Gasteiger partial charge in [-0.15, -0.1) is 0 Å². The maximum atomic E-state index is 8.62. The molecule has 0 amide bonds. The van der Waals surface area contributed by atoms with Gasteiger partial charge in [0.1, 0.15) is 12.4 Å². The quantitative estimate of drug-likeness (QED) is 0.378. The molecule has 2 rings (SSSR count). The maximum absolute atomic E-state index is 8.62. The molecule has 0 aromatic heterocycles. The van der Waals surface area contributed by atoms with E-state index in [-0.39, 0.29) is 5.84 Å². The molecular formula is C16H25N3O2. The number of nitrogens with zero attached hydrogens (tertiary/aromatic N) is 2. The van der Waals surface area contributed by atoms with Gasteiger partial charge in [-0.1, -0.05) is 12.1 Å². The molecule has 3 N–H and O–H groups in total. The highest BCUT2D eigenvalue weighted by Gasteiger charge is 2.24. The van der Waals surface area contributed by atoms with E-state index in [2.05, 4.69) is 23.9 Å². The van der Waals surface area contributed by atoms with Crippen LogP contribution in [-0.2, 0) is 0 Å². The summed E-state index contributed by atoms with van der Waals surface area (Å²) in [5.41, 5.74) is 6.21. The van der Waals surface area contributed by atoms with Crippen LogP contribution in [0, 0.1) is 5.92 Å². The monoisotopic (exact) mass is 291 g/mol. The lowest BCUT2D eigenvalue weighted by atomic mass is 9.92. The Morgan fingerprint density at radius 2 is 2.10 bits per heavy atom. The summed E-state index contributed by atoms with van der Waals surface area (Å²) >= 11 is 0. The van der Waals surface area contributed by atoms with Crippen LogP contribution in [0.5, 0.6) is 5.75 Å². The predicted molar refractivity (Wildman–Crippen MR) is 83.9 cm³/mol. The Bertz CT molecular complexity index is 473. The molecule has 2 atom stereocenters. The Hall–Kier alpha value is -1.75. The fourth-order valence-corrected chi connectivity index (χ4v) is 2.80. The second-order valence-electron chi connectivity index (χ2n) is 5.75. The van der Waals surface area contributed by atoms with E-state index in [1.54, 1.807) is 12.1 Å². The van der Waals surface area contributed by atoms with Gasteiger partial charge in [0, 0.05) is 18.2 Å². The molecule has 116 valence electrons. The molecular weight excluding hydrogens is 266 g/mol. The Morgan fingerprint density at radius 1 is 1.38 bits per heavy atom. The minimum Gasteiger partial charge on any atom is -0.492 e. The van der Waals surface area contributed by atoms with Gasteiger partial charge in [0.05, 0.1) is 0 Å². The Kier molecular flexibility index (Phi) is 5.44. The van der Waals surface area contributed by atoms with Gasteiger partial charge in [-0.2, -0.15) is 0 Å². The second-order valence-corrected chi connectivity index (χ2v) is 5.75. The smallest absolute Gasteiger partial charge is 0.170 e. The van der Waals surface area contributed by atoms with Crippen molar-refractivity contribution in [3.8, 4) is 5.75 Å². The number of benzene rings is 1. The molecule has 1 aliphatic rings. The molecule has 1 heterocycles. The highest BCUT2D eigenvalue weighted by molar-refractivity contribution is 5.97. The van der Waals surface area contributed by atoms with E-state index in [4.69, 9.17) is 15.7 Å². The minimum atomic E-state index is 0.109. The highest BCUT2D eigenvalue weighted by atomic mass is 16.5. The van der Waals surface area contributed by atoms with Crippen molar-refractivity contribution in [2.75, 3.05) is 19.7 Å². The summed E-state index contributed by atoms with van der Waals surface area (Å²) in [7, 11) is 0. The molecule has 1 aromatic carbocycles. The topological polar surface area (TPSA) is 71.1 Å². The van der Waals surface area contributed by atoms with E-state index in [0.717, 1.165) is 24.8 Å². The molecule has 0 aliphatic carbocycles. The lowest BCUT2D eigenvalue weighted by Gasteiger charge is -2.37. The number of rotatable bonds is 5. The highest BCUT2D eigenvalue weighted by Crippen LogP contribution is 2.22. The third kappa shape index (κ3) is 4.11. The molecule has 0 radical (unpaired) electrons. The fourth-order valence-electron chi connectivity index (χ4n) is 2.80. The number of hydrogen-bond donors (Lipinski definition) is 2. The predicted octanol–water partition coefficient (Wildman–Crippen LogP) is 2.28. The zero-order valence-electron chi connectivity index (χ0n) is 12.8. The molecule has 0 bridgehead atoms. The van der Waals surface area contributed by atoms with Crippen LogP contribution >= 0.6 is 0 Å². The van der Waals surface area contributed by atoms with E-state index in [9.17, 15) is 0 Å². The van der Waals surface area contributed by atoms with Gasteiger partial charge in [-0.25, -0.2) is 0 Å². The average Bonchev–Trinajstić information content (AvgIpc) is 2.51. The zero-order valence-corrected chi connectivity index (χ0v) is 12.8. The van der Waals surface area contributed by atoms with Crippen LogP contribution in [0.1, 0.15) is 32.3 Å². The van der Waals surface area contributed by atoms with Crippen molar-refractivity contribution >= 4 is 5.84 Å². The van der Waals surface area contributed by atoms with Crippen molar-refractivity contribution in [3.63, 3.8) is 0 Å². The first kappa shape index (κ1) is 15.6. The van der Waals surface area contributed by atoms with Gasteiger partial charge < -0.3 is 15.7 Å². The van der Waals surface area contributed by atoms with Crippen LogP contribution in [0.2, 0.25) is 0 Å². The maximum Gasteiger partial charge on any atom is 0.170 e. The molecule has 1 saturated heterocycles. The van der Waals surface area contributed by atoms with Crippen molar-refractivity contribution in [2.45, 2.75) is 32.7 Å². The average molecular weight is 291 g/mol. The SMILES string of the molecule is CC1CCCN(CCOc2ccc(C(N)=NO)cc2)C1C. The lowest BCUT2D eigenvalue weighted by Crippen LogP contribution is -2.44. The van der Waals surface area contributed by atoms with Gasteiger partial charge in [-0.05, 0) is 56.5 Å². The van der Waals surface area contributed by atoms with Crippen LogP contribution < -0.4 is 10.5 Å². The number of oxime groups is 1. The van der Waals surface area contributed by atoms with Crippen molar-refractivity contribution in [3.05, 3.63) is 29.8 Å². The van der Waals surface area contributed by atoms with Gasteiger partial charge in [0.15, 0.2) is 5.84 Å². The molecule has 1 fully saturated rings. The minimum absolute atomic E-state index is 0.109. The standard InChI is InChI=1S/C16H25N3O2/c1-12-4-3-9-19(13(12)2)10-11-21-15-7-5-14(6-8-15)16(17)18-20/h5-8,12-13,20H,3-4,9-11H2,1-2H3,(H2,17,18). The van der Waals surface area contributed by atoms with Crippen molar-refractivity contribution in [2.24, 2.45) is 16.8 Å². The molecule has 5 heteroatoms. The first-order valence-corrected chi connectivity index (χ1v) is 7.56. The second kappa shape index (κ2) is 7.31. The first-order chi connectivity index (χ1) is 10.1. The molecule has 2 unspecified atom stereocenters. The van der Waals surface area contributed by atoms with E-state index >= 15 is 0 Å². The molecule has 5 nitrogen and oxygen atoms in total. The van der Waals surface area contributed by atoms with E-state index in [0.29, 0.717) is 18.2 Å². The normalized spacial score (nSPS) is 24.0. The molecule has 1 aromatic rings. The van der Waals surface area contributed by atoms with E-state index < -0.39 is 0 Å². The third-order valence-corrected chi connectivity index (χ3v) is 4.41. The number of nitrogens with two attached hydrogens (primary N) is 1. The summed E-state index contributed by atoms with van der Waals surface area (Å²) in [5, 5.41) is 11.6. The summed E-state index contributed by atoms with van der Waals surface area (Å²) in [6.07, 6.45) is 2.60. The fraction of sp³-hybridized carbons (Fsp3) is 0.562. The third-order valence-electron chi connectivity index (χ3n) is 4.41. The number of amidine groups is 1. The van der Waals surface area contributed by atoms with Crippen molar-refractivity contribution in [1.82, 2.24) is 4.90 Å². The number of ether oxygens (including phenoxy) is 1. The first-order valence-electron chi connectivity index (χ1n) is 7.56.